The first-order chi connectivity index (χ1) is 7.83. The summed E-state index contributed by atoms with van der Waals surface area (Å²) in [4.78, 5) is 7.68. The van der Waals surface area contributed by atoms with E-state index >= 15 is 0 Å². The predicted molar refractivity (Wildman–Crippen MR) is 59.3 cm³/mol. The quantitative estimate of drug-likeness (QED) is 0.651. The first-order valence-electron chi connectivity index (χ1n) is 5.10. The molecule has 0 saturated carbocycles. The topological polar surface area (TPSA) is 79.5 Å². The Morgan fingerprint density at radius 2 is 2.06 bits per heavy atom. The van der Waals surface area contributed by atoms with Gasteiger partial charge in [0.15, 0.2) is 0 Å². The number of methoxy groups -OCH3 is 1. The highest BCUT2D eigenvalue weighted by atomic mass is 16.5. The Hall–Kier alpha value is -1.40. The van der Waals surface area contributed by atoms with E-state index in [0.717, 1.165) is 6.42 Å². The van der Waals surface area contributed by atoms with Gasteiger partial charge in [-0.3, -0.25) is 0 Å². The summed E-state index contributed by atoms with van der Waals surface area (Å²) >= 11 is 0. The standard InChI is InChI=1S/C10H17N3O3/c1-14-5-6-15-3-2-4-16-10-7-9(11)12-8-13-10/h7-8H,2-6H2,1H3,(H2,11,12,13). The fourth-order valence-electron chi connectivity index (χ4n) is 1.01. The van der Waals surface area contributed by atoms with Crippen LogP contribution < -0.4 is 10.5 Å². The van der Waals surface area contributed by atoms with E-state index in [2.05, 4.69) is 9.97 Å². The van der Waals surface area contributed by atoms with Gasteiger partial charge in [-0.15, -0.1) is 0 Å². The second-order valence-electron chi connectivity index (χ2n) is 3.09. The molecule has 0 atom stereocenters. The minimum absolute atomic E-state index is 0.404. The molecule has 0 aliphatic rings. The molecule has 16 heavy (non-hydrogen) atoms. The molecule has 0 aromatic carbocycles. The number of hydrogen-bond donors (Lipinski definition) is 1. The van der Waals surface area contributed by atoms with Crippen molar-refractivity contribution in [1.29, 1.82) is 0 Å². The molecule has 0 spiro atoms. The average molecular weight is 227 g/mol. The lowest BCUT2D eigenvalue weighted by atomic mass is 10.5. The van der Waals surface area contributed by atoms with Gasteiger partial charge in [0.05, 0.1) is 19.8 Å². The maximum atomic E-state index is 5.47. The molecule has 0 fully saturated rings. The number of nitrogens with zero attached hydrogens (tertiary/aromatic N) is 2. The molecule has 0 saturated heterocycles. The van der Waals surface area contributed by atoms with Crippen molar-refractivity contribution in [3.8, 4) is 5.88 Å². The normalized spacial score (nSPS) is 10.3. The minimum atomic E-state index is 0.404. The second-order valence-corrected chi connectivity index (χ2v) is 3.09. The third-order valence-electron chi connectivity index (χ3n) is 1.78. The van der Waals surface area contributed by atoms with Crippen molar-refractivity contribution in [2.75, 3.05) is 39.3 Å². The first-order valence-corrected chi connectivity index (χ1v) is 5.10. The molecule has 0 radical (unpaired) electrons. The zero-order chi connectivity index (χ0) is 11.6. The van der Waals surface area contributed by atoms with Gasteiger partial charge < -0.3 is 19.9 Å². The third kappa shape index (κ3) is 5.47. The van der Waals surface area contributed by atoms with Crippen LogP contribution in [-0.4, -0.2) is 43.5 Å². The largest absolute Gasteiger partial charge is 0.477 e. The van der Waals surface area contributed by atoms with Crippen molar-refractivity contribution in [2.45, 2.75) is 6.42 Å². The fraction of sp³-hybridized carbons (Fsp3) is 0.600. The van der Waals surface area contributed by atoms with Crippen LogP contribution in [0.3, 0.4) is 0 Å². The number of aromatic nitrogens is 2. The molecule has 0 bridgehead atoms. The van der Waals surface area contributed by atoms with Crippen molar-refractivity contribution < 1.29 is 14.2 Å². The monoisotopic (exact) mass is 227 g/mol. The average Bonchev–Trinajstić information content (AvgIpc) is 2.28. The minimum Gasteiger partial charge on any atom is -0.477 e. The number of nitrogens with two attached hydrogens (primary N) is 1. The summed E-state index contributed by atoms with van der Waals surface area (Å²) in [7, 11) is 1.64. The summed E-state index contributed by atoms with van der Waals surface area (Å²) < 4.78 is 15.5. The third-order valence-corrected chi connectivity index (χ3v) is 1.78. The molecule has 6 nitrogen and oxygen atoms in total. The van der Waals surface area contributed by atoms with E-state index in [1.165, 1.54) is 6.33 Å². The van der Waals surface area contributed by atoms with E-state index in [1.807, 2.05) is 0 Å². The number of hydrogen-bond acceptors (Lipinski definition) is 6. The maximum Gasteiger partial charge on any atom is 0.218 e. The fourth-order valence-corrected chi connectivity index (χ4v) is 1.01. The lowest BCUT2D eigenvalue weighted by Gasteiger charge is -2.05. The lowest BCUT2D eigenvalue weighted by Crippen LogP contribution is -2.07. The summed E-state index contributed by atoms with van der Waals surface area (Å²) in [5.74, 6) is 0.894. The van der Waals surface area contributed by atoms with Crippen LogP contribution in [0.15, 0.2) is 12.4 Å². The Morgan fingerprint density at radius 1 is 1.19 bits per heavy atom. The molecular weight excluding hydrogens is 210 g/mol. The van der Waals surface area contributed by atoms with E-state index in [4.69, 9.17) is 19.9 Å². The molecule has 2 N–H and O–H groups in total. The van der Waals surface area contributed by atoms with Gasteiger partial charge in [0.2, 0.25) is 5.88 Å². The smallest absolute Gasteiger partial charge is 0.218 e. The molecule has 0 amide bonds. The summed E-state index contributed by atoms with van der Waals surface area (Å²) in [6.45, 7) is 2.41. The highest BCUT2D eigenvalue weighted by Crippen LogP contribution is 2.07. The van der Waals surface area contributed by atoms with Crippen LogP contribution in [0.4, 0.5) is 5.82 Å². The van der Waals surface area contributed by atoms with E-state index in [-0.39, 0.29) is 0 Å². The predicted octanol–water partition coefficient (Wildman–Crippen LogP) is 0.491. The van der Waals surface area contributed by atoms with Crippen LogP contribution in [0.2, 0.25) is 0 Å². The summed E-state index contributed by atoms with van der Waals surface area (Å²) in [6, 6.07) is 1.59. The summed E-state index contributed by atoms with van der Waals surface area (Å²) in [5.41, 5.74) is 5.47. The SMILES string of the molecule is COCCOCCCOc1cc(N)ncn1. The highest BCUT2D eigenvalue weighted by Gasteiger charge is 1.96. The molecule has 6 heteroatoms. The molecule has 1 aromatic heterocycles. The summed E-state index contributed by atoms with van der Waals surface area (Å²) in [6.07, 6.45) is 2.17. The second kappa shape index (κ2) is 7.84. The number of rotatable bonds is 8. The van der Waals surface area contributed by atoms with Crippen molar-refractivity contribution in [2.24, 2.45) is 0 Å². The maximum absolute atomic E-state index is 5.47. The van der Waals surface area contributed by atoms with Crippen molar-refractivity contribution in [3.63, 3.8) is 0 Å². The Kier molecular flexibility index (Phi) is 6.20. The zero-order valence-corrected chi connectivity index (χ0v) is 9.39. The van der Waals surface area contributed by atoms with E-state index in [0.29, 0.717) is 38.1 Å². The van der Waals surface area contributed by atoms with Crippen LogP contribution in [-0.2, 0) is 9.47 Å². The molecular formula is C10H17N3O3. The van der Waals surface area contributed by atoms with Crippen LogP contribution in [0.5, 0.6) is 5.88 Å². The number of ether oxygens (including phenoxy) is 3. The van der Waals surface area contributed by atoms with Crippen molar-refractivity contribution in [3.05, 3.63) is 12.4 Å². The number of nitrogen functional groups attached to an aromatic ring is 1. The summed E-state index contributed by atoms with van der Waals surface area (Å²) in [5, 5.41) is 0. The first kappa shape index (κ1) is 12.7. The van der Waals surface area contributed by atoms with Gasteiger partial charge in [-0.25, -0.2) is 9.97 Å². The van der Waals surface area contributed by atoms with Crippen LogP contribution in [0, 0.1) is 0 Å². The van der Waals surface area contributed by atoms with Crippen LogP contribution in [0.1, 0.15) is 6.42 Å². The van der Waals surface area contributed by atoms with Gasteiger partial charge in [0.25, 0.3) is 0 Å². The van der Waals surface area contributed by atoms with E-state index in [1.54, 1.807) is 13.2 Å². The van der Waals surface area contributed by atoms with Gasteiger partial charge in [-0.05, 0) is 0 Å². The van der Waals surface area contributed by atoms with Gasteiger partial charge in [0, 0.05) is 26.2 Å². The zero-order valence-electron chi connectivity index (χ0n) is 9.39. The molecule has 1 rings (SSSR count). The molecule has 0 aliphatic heterocycles. The molecule has 1 aromatic rings. The van der Waals surface area contributed by atoms with Gasteiger partial charge >= 0.3 is 0 Å². The molecule has 0 unspecified atom stereocenters. The van der Waals surface area contributed by atoms with Gasteiger partial charge in [-0.2, -0.15) is 0 Å². The molecule has 0 aliphatic carbocycles. The highest BCUT2D eigenvalue weighted by molar-refractivity contribution is 5.30. The van der Waals surface area contributed by atoms with Crippen LogP contribution >= 0.6 is 0 Å². The van der Waals surface area contributed by atoms with E-state index < -0.39 is 0 Å². The van der Waals surface area contributed by atoms with Crippen molar-refractivity contribution in [1.82, 2.24) is 9.97 Å². The molecule has 1 heterocycles. The lowest BCUT2D eigenvalue weighted by molar-refractivity contribution is 0.0642. The number of anilines is 1. The van der Waals surface area contributed by atoms with Gasteiger partial charge in [0.1, 0.15) is 12.1 Å². The Morgan fingerprint density at radius 3 is 2.81 bits per heavy atom. The Labute approximate surface area is 94.7 Å². The van der Waals surface area contributed by atoms with Crippen molar-refractivity contribution >= 4 is 5.82 Å². The van der Waals surface area contributed by atoms with Crippen LogP contribution in [0.25, 0.3) is 0 Å². The van der Waals surface area contributed by atoms with E-state index in [9.17, 15) is 0 Å². The Balaban J connectivity index is 2.03. The molecule has 90 valence electrons. The Bertz CT molecular complexity index is 296. The van der Waals surface area contributed by atoms with Gasteiger partial charge in [-0.1, -0.05) is 0 Å².